The fourth-order valence-electron chi connectivity index (χ4n) is 1.72. The minimum atomic E-state index is -0.856. The lowest BCUT2D eigenvalue weighted by atomic mass is 10.2. The molecule has 1 unspecified atom stereocenters. The minimum Gasteiger partial charge on any atom is -0.319 e. The predicted octanol–water partition coefficient (Wildman–Crippen LogP) is -0.689. The van der Waals surface area contributed by atoms with Gasteiger partial charge in [-0.2, -0.15) is 0 Å². The van der Waals surface area contributed by atoms with Crippen LogP contribution in [0.2, 0.25) is 0 Å². The van der Waals surface area contributed by atoms with Crippen molar-refractivity contribution in [2.45, 2.75) is 13.5 Å². The Kier molecular flexibility index (Phi) is 4.38. The molecule has 0 bridgehead atoms. The largest absolute Gasteiger partial charge is 0.350 e. The number of nitrogens with zero attached hydrogens (tertiary/aromatic N) is 3. The van der Waals surface area contributed by atoms with Crippen molar-refractivity contribution in [2.24, 2.45) is 13.0 Å². The van der Waals surface area contributed by atoms with E-state index in [0.29, 0.717) is 6.54 Å². The topological polar surface area (TPSA) is 99.2 Å². The first-order chi connectivity index (χ1) is 8.38. The van der Waals surface area contributed by atoms with Crippen molar-refractivity contribution in [1.29, 1.82) is 0 Å². The highest BCUT2D eigenvalue weighted by atomic mass is 16.6. The van der Waals surface area contributed by atoms with E-state index in [1.165, 1.54) is 7.05 Å². The van der Waals surface area contributed by atoms with E-state index < -0.39 is 21.9 Å². The van der Waals surface area contributed by atoms with Crippen LogP contribution in [0.4, 0.5) is 5.69 Å². The van der Waals surface area contributed by atoms with Crippen molar-refractivity contribution in [3.8, 4) is 0 Å². The van der Waals surface area contributed by atoms with Crippen LogP contribution in [0.5, 0.6) is 0 Å². The average molecular weight is 256 g/mol. The quantitative estimate of drug-likeness (QED) is 0.555. The fourth-order valence-corrected chi connectivity index (χ4v) is 1.72. The molecule has 0 aliphatic carbocycles. The number of aryl methyl sites for hydroxylation is 1. The Morgan fingerprint density at radius 3 is 2.61 bits per heavy atom. The highest BCUT2D eigenvalue weighted by molar-refractivity contribution is 5.21. The zero-order valence-corrected chi connectivity index (χ0v) is 10.5. The summed E-state index contributed by atoms with van der Waals surface area (Å²) in [6, 6.07) is 0. The summed E-state index contributed by atoms with van der Waals surface area (Å²) in [5, 5.41) is 13.6. The lowest BCUT2D eigenvalue weighted by molar-refractivity contribution is -0.387. The highest BCUT2D eigenvalue weighted by Gasteiger charge is 2.19. The third-order valence-corrected chi connectivity index (χ3v) is 2.56. The van der Waals surface area contributed by atoms with Crippen LogP contribution in [0.15, 0.2) is 15.8 Å². The van der Waals surface area contributed by atoms with Gasteiger partial charge in [0.05, 0.1) is 11.1 Å². The SMILES string of the molecule is CNCC(C)Cn1c(=O)c([N+](=O)[O-])cn(C)c1=O. The molecule has 1 atom stereocenters. The Bertz CT molecular complexity index is 560. The molecule has 1 rings (SSSR count). The Morgan fingerprint density at radius 2 is 2.11 bits per heavy atom. The second kappa shape index (κ2) is 5.58. The van der Waals surface area contributed by atoms with Crippen molar-refractivity contribution in [3.05, 3.63) is 37.1 Å². The molecule has 0 spiro atoms. The monoisotopic (exact) mass is 256 g/mol. The van der Waals surface area contributed by atoms with Crippen LogP contribution in [0.3, 0.4) is 0 Å². The van der Waals surface area contributed by atoms with E-state index in [4.69, 9.17) is 0 Å². The van der Waals surface area contributed by atoms with Crippen molar-refractivity contribution >= 4 is 5.69 Å². The smallest absolute Gasteiger partial charge is 0.319 e. The molecule has 1 N–H and O–H groups in total. The Labute approximate surface area is 103 Å². The van der Waals surface area contributed by atoms with E-state index in [-0.39, 0.29) is 12.5 Å². The molecule has 0 aromatic carbocycles. The van der Waals surface area contributed by atoms with Gasteiger partial charge in [-0.25, -0.2) is 4.79 Å². The first-order valence-corrected chi connectivity index (χ1v) is 5.48. The first-order valence-electron chi connectivity index (χ1n) is 5.48. The molecule has 0 amide bonds. The van der Waals surface area contributed by atoms with Crippen LogP contribution in [0, 0.1) is 16.0 Å². The number of rotatable bonds is 5. The molecular weight excluding hydrogens is 240 g/mol. The number of aromatic nitrogens is 2. The Morgan fingerprint density at radius 1 is 1.50 bits per heavy atom. The normalized spacial score (nSPS) is 12.4. The molecule has 1 aromatic rings. The number of hydrogen-bond acceptors (Lipinski definition) is 5. The van der Waals surface area contributed by atoms with E-state index >= 15 is 0 Å². The molecule has 0 aliphatic heterocycles. The molecule has 8 nitrogen and oxygen atoms in total. The van der Waals surface area contributed by atoms with Gasteiger partial charge in [0.1, 0.15) is 0 Å². The second-order valence-electron chi connectivity index (χ2n) is 4.24. The summed E-state index contributed by atoms with van der Waals surface area (Å²) in [5.74, 6) is 0.0161. The first kappa shape index (κ1) is 14.1. The van der Waals surface area contributed by atoms with Gasteiger partial charge in [0.25, 0.3) is 0 Å². The molecule has 1 aromatic heterocycles. The maximum Gasteiger partial charge on any atom is 0.350 e. The summed E-state index contributed by atoms with van der Waals surface area (Å²) in [6.45, 7) is 2.60. The predicted molar refractivity (Wildman–Crippen MR) is 65.7 cm³/mol. The lowest BCUT2D eigenvalue weighted by Gasteiger charge is -2.12. The summed E-state index contributed by atoms with van der Waals surface area (Å²) >= 11 is 0. The third-order valence-electron chi connectivity index (χ3n) is 2.56. The van der Waals surface area contributed by atoms with E-state index in [1.54, 1.807) is 7.05 Å². The summed E-state index contributed by atoms with van der Waals surface area (Å²) in [6.07, 6.45) is 0.948. The van der Waals surface area contributed by atoms with Gasteiger partial charge in [-0.05, 0) is 19.5 Å². The number of nitrogens with one attached hydrogen (secondary N) is 1. The van der Waals surface area contributed by atoms with Gasteiger partial charge in [-0.3, -0.25) is 24.0 Å². The van der Waals surface area contributed by atoms with Crippen LogP contribution in [0.25, 0.3) is 0 Å². The molecule has 1 heterocycles. The van der Waals surface area contributed by atoms with E-state index in [9.17, 15) is 19.7 Å². The average Bonchev–Trinajstić information content (AvgIpc) is 2.29. The van der Waals surface area contributed by atoms with Gasteiger partial charge in [0, 0.05) is 13.6 Å². The summed E-state index contributed by atoms with van der Waals surface area (Å²) < 4.78 is 1.95. The van der Waals surface area contributed by atoms with Crippen molar-refractivity contribution < 1.29 is 4.92 Å². The van der Waals surface area contributed by atoms with Crippen molar-refractivity contribution in [3.63, 3.8) is 0 Å². The van der Waals surface area contributed by atoms with Crippen LogP contribution < -0.4 is 16.6 Å². The molecule has 100 valence electrons. The van der Waals surface area contributed by atoms with Crippen molar-refractivity contribution in [1.82, 2.24) is 14.5 Å². The van der Waals surface area contributed by atoms with Gasteiger partial charge < -0.3 is 5.32 Å². The summed E-state index contributed by atoms with van der Waals surface area (Å²) in [7, 11) is 3.14. The molecule has 8 heteroatoms. The zero-order valence-electron chi connectivity index (χ0n) is 10.5. The standard InChI is InChI=1S/C10H16N4O4/c1-7(4-11-2)5-13-9(15)8(14(17)18)6-12(3)10(13)16/h6-7,11H,4-5H2,1-3H3. The number of hydrogen-bond donors (Lipinski definition) is 1. The zero-order chi connectivity index (χ0) is 13.9. The Hall–Kier alpha value is -1.96. The lowest BCUT2D eigenvalue weighted by Crippen LogP contribution is -2.41. The maximum absolute atomic E-state index is 11.8. The van der Waals surface area contributed by atoms with Gasteiger partial charge >= 0.3 is 16.9 Å². The molecule has 0 saturated heterocycles. The van der Waals surface area contributed by atoms with Crippen LogP contribution >= 0.6 is 0 Å². The molecular formula is C10H16N4O4. The van der Waals surface area contributed by atoms with Crippen LogP contribution in [0.1, 0.15) is 6.92 Å². The van der Waals surface area contributed by atoms with E-state index in [0.717, 1.165) is 15.3 Å². The van der Waals surface area contributed by atoms with Crippen molar-refractivity contribution in [2.75, 3.05) is 13.6 Å². The highest BCUT2D eigenvalue weighted by Crippen LogP contribution is 2.01. The minimum absolute atomic E-state index is 0.0161. The van der Waals surface area contributed by atoms with Crippen LogP contribution in [-0.2, 0) is 13.6 Å². The van der Waals surface area contributed by atoms with Gasteiger partial charge in [0.15, 0.2) is 0 Å². The Balaban J connectivity index is 3.30. The van der Waals surface area contributed by atoms with Crippen LogP contribution in [-0.4, -0.2) is 27.6 Å². The van der Waals surface area contributed by atoms with Gasteiger partial charge in [-0.1, -0.05) is 6.92 Å². The molecule has 0 fully saturated rings. The maximum atomic E-state index is 11.8. The van der Waals surface area contributed by atoms with E-state index in [2.05, 4.69) is 5.32 Å². The summed E-state index contributed by atoms with van der Waals surface area (Å²) in [5.41, 5.74) is -1.99. The third kappa shape index (κ3) is 2.83. The summed E-state index contributed by atoms with van der Waals surface area (Å²) in [4.78, 5) is 33.5. The molecule has 18 heavy (non-hydrogen) atoms. The van der Waals surface area contributed by atoms with E-state index in [1.807, 2.05) is 6.92 Å². The van der Waals surface area contributed by atoms with Gasteiger partial charge in [0.2, 0.25) is 0 Å². The number of nitro groups is 1. The van der Waals surface area contributed by atoms with Gasteiger partial charge in [-0.15, -0.1) is 0 Å². The second-order valence-corrected chi connectivity index (χ2v) is 4.24. The molecule has 0 radical (unpaired) electrons. The molecule has 0 aliphatic rings. The fraction of sp³-hybridized carbons (Fsp3) is 0.600. The molecule has 0 saturated carbocycles.